The van der Waals surface area contributed by atoms with Gasteiger partial charge in [-0.15, -0.1) is 0 Å². The fourth-order valence-electron chi connectivity index (χ4n) is 1.75. The van der Waals surface area contributed by atoms with Crippen LogP contribution in [0.2, 0.25) is 5.02 Å². The summed E-state index contributed by atoms with van der Waals surface area (Å²) in [6.07, 6.45) is 0. The van der Waals surface area contributed by atoms with Gasteiger partial charge in [0.25, 0.3) is 0 Å². The van der Waals surface area contributed by atoms with Gasteiger partial charge in [-0.05, 0) is 51.8 Å². The van der Waals surface area contributed by atoms with Gasteiger partial charge in [-0.1, -0.05) is 49.3 Å². The van der Waals surface area contributed by atoms with Crippen molar-refractivity contribution in [1.82, 2.24) is 5.32 Å². The minimum absolute atomic E-state index is 0.454. The highest BCUT2D eigenvalue weighted by Gasteiger charge is 2.08. The smallest absolute Gasteiger partial charge is 0.0410 e. The zero-order chi connectivity index (χ0) is 14.5. The van der Waals surface area contributed by atoms with Crippen LogP contribution in [0.4, 0.5) is 0 Å². The summed E-state index contributed by atoms with van der Waals surface area (Å²) < 4.78 is 1.11. The van der Waals surface area contributed by atoms with Crippen molar-refractivity contribution in [2.75, 3.05) is 0 Å². The van der Waals surface area contributed by atoms with Crippen LogP contribution in [0.25, 0.3) is 0 Å². The quantitative estimate of drug-likeness (QED) is 0.719. The molecule has 1 nitrogen and oxygen atoms in total. The Morgan fingerprint density at radius 2 is 1.90 bits per heavy atom. The van der Waals surface area contributed by atoms with Gasteiger partial charge in [-0.3, -0.25) is 0 Å². The molecule has 2 aromatic carbocycles. The Morgan fingerprint density at radius 3 is 2.60 bits per heavy atom. The van der Waals surface area contributed by atoms with E-state index in [4.69, 9.17) is 11.6 Å². The van der Waals surface area contributed by atoms with Crippen molar-refractivity contribution in [2.45, 2.75) is 36.2 Å². The lowest BCUT2D eigenvalue weighted by molar-refractivity contribution is 0.585. The first-order valence-corrected chi connectivity index (χ1v) is 8.49. The first-order valence-electron chi connectivity index (χ1n) is 6.50. The lowest BCUT2D eigenvalue weighted by Crippen LogP contribution is -2.22. The second-order valence-corrected chi connectivity index (χ2v) is 7.19. The number of halogens is 2. The number of benzene rings is 2. The highest BCUT2D eigenvalue weighted by molar-refractivity contribution is 9.10. The molecule has 1 N–H and O–H groups in total. The molecule has 2 rings (SSSR count). The lowest BCUT2D eigenvalue weighted by atomic mass is 10.2. The van der Waals surface area contributed by atoms with E-state index in [0.29, 0.717) is 6.04 Å². The summed E-state index contributed by atoms with van der Waals surface area (Å²) in [5, 5.41) is 4.23. The predicted octanol–water partition coefficient (Wildman–Crippen LogP) is 5.75. The molecular weight excluding hydrogens is 354 g/mol. The third kappa shape index (κ3) is 4.52. The van der Waals surface area contributed by atoms with E-state index in [1.165, 1.54) is 15.4 Å². The van der Waals surface area contributed by atoms with Crippen LogP contribution < -0.4 is 5.32 Å². The summed E-state index contributed by atoms with van der Waals surface area (Å²) in [5.41, 5.74) is 1.23. The maximum Gasteiger partial charge on any atom is 0.0410 e. The van der Waals surface area contributed by atoms with Crippen LogP contribution in [0.5, 0.6) is 0 Å². The van der Waals surface area contributed by atoms with Gasteiger partial charge in [0.15, 0.2) is 0 Å². The summed E-state index contributed by atoms with van der Waals surface area (Å²) in [4.78, 5) is 2.44. The van der Waals surface area contributed by atoms with Crippen LogP contribution in [0.1, 0.15) is 19.4 Å². The Hall–Kier alpha value is -0.480. The fourth-order valence-corrected chi connectivity index (χ4v) is 3.42. The Kier molecular flexibility index (Phi) is 5.97. The van der Waals surface area contributed by atoms with Crippen LogP contribution in [0.15, 0.2) is 56.7 Å². The molecule has 0 saturated carbocycles. The third-order valence-electron chi connectivity index (χ3n) is 2.78. The van der Waals surface area contributed by atoms with E-state index in [-0.39, 0.29) is 0 Å². The molecule has 0 amide bonds. The lowest BCUT2D eigenvalue weighted by Gasteiger charge is -2.13. The number of nitrogens with one attached hydrogen (secondary N) is 1. The minimum atomic E-state index is 0.454. The maximum atomic E-state index is 6.12. The fraction of sp³-hybridized carbons (Fsp3) is 0.250. The van der Waals surface area contributed by atoms with Crippen LogP contribution in [0.3, 0.4) is 0 Å². The average molecular weight is 371 g/mol. The number of hydrogen-bond donors (Lipinski definition) is 1. The van der Waals surface area contributed by atoms with E-state index in [0.717, 1.165) is 16.0 Å². The van der Waals surface area contributed by atoms with E-state index in [1.807, 2.05) is 18.2 Å². The molecule has 0 radical (unpaired) electrons. The van der Waals surface area contributed by atoms with Crippen LogP contribution in [0, 0.1) is 0 Å². The third-order valence-corrected chi connectivity index (χ3v) is 5.16. The highest BCUT2D eigenvalue weighted by Crippen LogP contribution is 2.36. The SMILES string of the molecule is CC(C)NCc1cc(Cl)ccc1Sc1ccccc1Br. The van der Waals surface area contributed by atoms with Gasteiger partial charge >= 0.3 is 0 Å². The van der Waals surface area contributed by atoms with Crippen molar-refractivity contribution in [1.29, 1.82) is 0 Å². The van der Waals surface area contributed by atoms with Crippen molar-refractivity contribution in [3.8, 4) is 0 Å². The molecule has 0 atom stereocenters. The van der Waals surface area contributed by atoms with Crippen molar-refractivity contribution in [2.24, 2.45) is 0 Å². The highest BCUT2D eigenvalue weighted by atomic mass is 79.9. The van der Waals surface area contributed by atoms with Gasteiger partial charge in [0.05, 0.1) is 0 Å². The van der Waals surface area contributed by atoms with Gasteiger partial charge in [-0.25, -0.2) is 0 Å². The Balaban J connectivity index is 2.24. The minimum Gasteiger partial charge on any atom is -0.310 e. The molecule has 106 valence electrons. The molecule has 0 bridgehead atoms. The van der Waals surface area contributed by atoms with E-state index < -0.39 is 0 Å². The number of rotatable bonds is 5. The summed E-state index contributed by atoms with van der Waals surface area (Å²) in [6, 6.07) is 14.8. The molecule has 2 aromatic rings. The molecule has 0 aliphatic heterocycles. The van der Waals surface area contributed by atoms with Gasteiger partial charge < -0.3 is 5.32 Å². The normalized spacial score (nSPS) is 11.1. The number of hydrogen-bond acceptors (Lipinski definition) is 2. The van der Waals surface area contributed by atoms with Gasteiger partial charge in [0, 0.05) is 31.9 Å². The van der Waals surface area contributed by atoms with E-state index in [1.54, 1.807) is 11.8 Å². The van der Waals surface area contributed by atoms with Gasteiger partial charge in [0.2, 0.25) is 0 Å². The standard InChI is InChI=1S/C16H17BrClNS/c1-11(2)19-10-12-9-13(18)7-8-15(12)20-16-6-4-3-5-14(16)17/h3-9,11,19H,10H2,1-2H3. The second kappa shape index (κ2) is 7.51. The van der Waals surface area contributed by atoms with Crippen LogP contribution in [-0.2, 0) is 6.54 Å². The Morgan fingerprint density at radius 1 is 1.15 bits per heavy atom. The molecule has 0 saturated heterocycles. The zero-order valence-corrected chi connectivity index (χ0v) is 14.6. The van der Waals surface area contributed by atoms with Gasteiger partial charge in [0.1, 0.15) is 0 Å². The predicted molar refractivity (Wildman–Crippen MR) is 91.7 cm³/mol. The first-order chi connectivity index (χ1) is 9.56. The van der Waals surface area contributed by atoms with E-state index in [2.05, 4.69) is 59.4 Å². The molecule has 0 fully saturated rings. The van der Waals surface area contributed by atoms with E-state index in [9.17, 15) is 0 Å². The summed E-state index contributed by atoms with van der Waals surface area (Å²) in [7, 11) is 0. The molecular formula is C16H17BrClNS. The molecule has 0 aliphatic rings. The monoisotopic (exact) mass is 369 g/mol. The van der Waals surface area contributed by atoms with Crippen LogP contribution in [-0.4, -0.2) is 6.04 Å². The molecule has 0 aliphatic carbocycles. The molecule has 0 unspecified atom stereocenters. The molecule has 20 heavy (non-hydrogen) atoms. The molecule has 0 heterocycles. The van der Waals surface area contributed by atoms with Crippen molar-refractivity contribution >= 4 is 39.3 Å². The zero-order valence-electron chi connectivity index (χ0n) is 11.5. The van der Waals surface area contributed by atoms with Crippen LogP contribution >= 0.6 is 39.3 Å². The second-order valence-electron chi connectivity index (χ2n) is 4.82. The molecule has 4 heteroatoms. The summed E-state index contributed by atoms with van der Waals surface area (Å²) in [6.45, 7) is 5.11. The Labute approximate surface area is 138 Å². The van der Waals surface area contributed by atoms with E-state index >= 15 is 0 Å². The Bertz CT molecular complexity index is 586. The van der Waals surface area contributed by atoms with Crippen molar-refractivity contribution in [3.05, 3.63) is 57.5 Å². The average Bonchev–Trinajstić information content (AvgIpc) is 2.41. The van der Waals surface area contributed by atoms with Crippen molar-refractivity contribution in [3.63, 3.8) is 0 Å². The first kappa shape index (κ1) is 15.9. The van der Waals surface area contributed by atoms with Crippen molar-refractivity contribution < 1.29 is 0 Å². The topological polar surface area (TPSA) is 12.0 Å². The van der Waals surface area contributed by atoms with Gasteiger partial charge in [-0.2, -0.15) is 0 Å². The summed E-state index contributed by atoms with van der Waals surface area (Å²) >= 11 is 11.5. The maximum absolute atomic E-state index is 6.12. The summed E-state index contributed by atoms with van der Waals surface area (Å²) in [5.74, 6) is 0. The molecule has 0 aromatic heterocycles. The molecule has 0 spiro atoms. The largest absolute Gasteiger partial charge is 0.310 e.